The van der Waals surface area contributed by atoms with Gasteiger partial charge in [-0.3, -0.25) is 9.48 Å². The molecule has 2 heterocycles. The second kappa shape index (κ2) is 4.51. The summed E-state index contributed by atoms with van der Waals surface area (Å²) in [7, 11) is 0. The third kappa shape index (κ3) is 2.00. The number of anilines is 1. The molecule has 0 bridgehead atoms. The van der Waals surface area contributed by atoms with Crippen LogP contribution in [0.4, 0.5) is 10.1 Å². The standard InChI is InChI=1S/C10H15FN4O/c11-3-6-15-7-8(12)9(13-15)10(16)14-4-1-2-5-14/h7H,1-6,12H2. The van der Waals surface area contributed by atoms with Crippen molar-refractivity contribution in [3.63, 3.8) is 0 Å². The number of nitrogens with two attached hydrogens (primary N) is 1. The van der Waals surface area contributed by atoms with Crippen molar-refractivity contribution in [2.24, 2.45) is 0 Å². The molecule has 1 aliphatic heterocycles. The van der Waals surface area contributed by atoms with Crippen LogP contribution < -0.4 is 5.73 Å². The lowest BCUT2D eigenvalue weighted by molar-refractivity contribution is 0.0787. The summed E-state index contributed by atoms with van der Waals surface area (Å²) in [5, 5.41) is 4.00. The van der Waals surface area contributed by atoms with Gasteiger partial charge in [-0.2, -0.15) is 5.10 Å². The lowest BCUT2D eigenvalue weighted by Crippen LogP contribution is -2.28. The molecular formula is C10H15FN4O. The Labute approximate surface area is 93.0 Å². The summed E-state index contributed by atoms with van der Waals surface area (Å²) in [5.41, 5.74) is 6.26. The second-order valence-electron chi connectivity index (χ2n) is 3.88. The molecule has 1 amide bonds. The Hall–Kier alpha value is -1.59. The number of halogens is 1. The molecule has 2 rings (SSSR count). The van der Waals surface area contributed by atoms with Gasteiger partial charge in [-0.1, -0.05) is 0 Å². The van der Waals surface area contributed by atoms with Gasteiger partial charge in [0.2, 0.25) is 0 Å². The van der Waals surface area contributed by atoms with Gasteiger partial charge in [-0.25, -0.2) is 4.39 Å². The summed E-state index contributed by atoms with van der Waals surface area (Å²) in [6.45, 7) is 1.14. The minimum atomic E-state index is -0.515. The van der Waals surface area contributed by atoms with E-state index in [0.717, 1.165) is 25.9 Å². The van der Waals surface area contributed by atoms with E-state index in [4.69, 9.17) is 5.73 Å². The lowest BCUT2D eigenvalue weighted by atomic mass is 10.3. The molecule has 1 fully saturated rings. The highest BCUT2D eigenvalue weighted by Crippen LogP contribution is 2.16. The monoisotopic (exact) mass is 226 g/mol. The molecule has 16 heavy (non-hydrogen) atoms. The Balaban J connectivity index is 2.15. The van der Waals surface area contributed by atoms with Crippen LogP contribution in [0.5, 0.6) is 0 Å². The van der Waals surface area contributed by atoms with Crippen LogP contribution in [0.2, 0.25) is 0 Å². The zero-order chi connectivity index (χ0) is 11.5. The quantitative estimate of drug-likeness (QED) is 0.824. The van der Waals surface area contributed by atoms with E-state index < -0.39 is 6.67 Å². The molecule has 1 aromatic heterocycles. The van der Waals surface area contributed by atoms with Crippen LogP contribution in [0.1, 0.15) is 23.3 Å². The number of amides is 1. The number of aryl methyl sites for hydroxylation is 1. The Kier molecular flexibility index (Phi) is 3.07. The van der Waals surface area contributed by atoms with Crippen molar-refractivity contribution < 1.29 is 9.18 Å². The van der Waals surface area contributed by atoms with Crippen LogP contribution in [-0.4, -0.2) is 40.4 Å². The number of nitrogen functional groups attached to an aromatic ring is 1. The first-order chi connectivity index (χ1) is 7.72. The van der Waals surface area contributed by atoms with Gasteiger partial charge in [-0.05, 0) is 12.8 Å². The van der Waals surface area contributed by atoms with E-state index in [0.29, 0.717) is 5.69 Å². The molecule has 1 aromatic rings. The number of likely N-dealkylation sites (tertiary alicyclic amines) is 1. The summed E-state index contributed by atoms with van der Waals surface area (Å²) in [5.74, 6) is -0.146. The van der Waals surface area contributed by atoms with Gasteiger partial charge >= 0.3 is 0 Å². The van der Waals surface area contributed by atoms with Crippen molar-refractivity contribution in [3.05, 3.63) is 11.9 Å². The highest BCUT2D eigenvalue weighted by Gasteiger charge is 2.23. The Morgan fingerprint density at radius 3 is 2.81 bits per heavy atom. The first-order valence-electron chi connectivity index (χ1n) is 5.40. The van der Waals surface area contributed by atoms with Crippen LogP contribution in [0.3, 0.4) is 0 Å². The minimum absolute atomic E-state index is 0.136. The average Bonchev–Trinajstić information content (AvgIpc) is 2.87. The maximum atomic E-state index is 12.1. The first kappa shape index (κ1) is 10.9. The molecular weight excluding hydrogens is 211 g/mol. The Bertz CT molecular complexity index is 384. The van der Waals surface area contributed by atoms with E-state index >= 15 is 0 Å². The molecule has 0 radical (unpaired) electrons. The molecule has 5 nitrogen and oxygen atoms in total. The number of carbonyl (C=O) groups is 1. The first-order valence-corrected chi connectivity index (χ1v) is 5.40. The summed E-state index contributed by atoms with van der Waals surface area (Å²) in [6.07, 6.45) is 3.55. The van der Waals surface area contributed by atoms with E-state index in [1.54, 1.807) is 4.90 Å². The molecule has 2 N–H and O–H groups in total. The highest BCUT2D eigenvalue weighted by molar-refractivity contribution is 5.97. The van der Waals surface area contributed by atoms with E-state index in [2.05, 4.69) is 5.10 Å². The topological polar surface area (TPSA) is 64.2 Å². The molecule has 0 saturated carbocycles. The van der Waals surface area contributed by atoms with E-state index in [-0.39, 0.29) is 18.1 Å². The average molecular weight is 226 g/mol. The van der Waals surface area contributed by atoms with Crippen LogP contribution in [0, 0.1) is 0 Å². The number of hydrogen-bond acceptors (Lipinski definition) is 3. The molecule has 0 atom stereocenters. The van der Waals surface area contributed by atoms with Gasteiger partial charge < -0.3 is 10.6 Å². The van der Waals surface area contributed by atoms with Crippen LogP contribution in [0.15, 0.2) is 6.20 Å². The predicted molar refractivity (Wildman–Crippen MR) is 57.8 cm³/mol. The second-order valence-corrected chi connectivity index (χ2v) is 3.88. The van der Waals surface area contributed by atoms with Crippen molar-refractivity contribution >= 4 is 11.6 Å². The summed E-state index contributed by atoms with van der Waals surface area (Å²) in [6, 6.07) is 0. The third-order valence-corrected chi connectivity index (χ3v) is 2.70. The highest BCUT2D eigenvalue weighted by atomic mass is 19.1. The molecule has 0 spiro atoms. The van der Waals surface area contributed by atoms with Crippen molar-refractivity contribution in [1.82, 2.24) is 14.7 Å². The summed E-state index contributed by atoms with van der Waals surface area (Å²) < 4.78 is 13.5. The van der Waals surface area contributed by atoms with Gasteiger partial charge in [0.05, 0.1) is 12.2 Å². The van der Waals surface area contributed by atoms with Crippen molar-refractivity contribution in [2.45, 2.75) is 19.4 Å². The molecule has 0 unspecified atom stereocenters. The lowest BCUT2D eigenvalue weighted by Gasteiger charge is -2.13. The molecule has 0 aliphatic carbocycles. The van der Waals surface area contributed by atoms with Gasteiger partial charge in [-0.15, -0.1) is 0 Å². The van der Waals surface area contributed by atoms with Crippen LogP contribution in [0.25, 0.3) is 0 Å². The van der Waals surface area contributed by atoms with Crippen molar-refractivity contribution in [2.75, 3.05) is 25.5 Å². The number of nitrogens with zero attached hydrogens (tertiary/aromatic N) is 3. The SMILES string of the molecule is Nc1cn(CCF)nc1C(=O)N1CCCC1. The van der Waals surface area contributed by atoms with E-state index in [9.17, 15) is 9.18 Å². The summed E-state index contributed by atoms with van der Waals surface area (Å²) in [4.78, 5) is 13.7. The van der Waals surface area contributed by atoms with Crippen LogP contribution >= 0.6 is 0 Å². The number of carbonyl (C=O) groups excluding carboxylic acids is 1. The van der Waals surface area contributed by atoms with Crippen molar-refractivity contribution in [3.8, 4) is 0 Å². The predicted octanol–water partition coefficient (Wildman–Crippen LogP) is 0.671. The third-order valence-electron chi connectivity index (χ3n) is 2.70. The fourth-order valence-corrected chi connectivity index (χ4v) is 1.87. The fourth-order valence-electron chi connectivity index (χ4n) is 1.87. The molecule has 1 saturated heterocycles. The number of rotatable bonds is 3. The number of aromatic nitrogens is 2. The normalized spacial score (nSPS) is 15.7. The molecule has 0 aromatic carbocycles. The molecule has 1 aliphatic rings. The Morgan fingerprint density at radius 2 is 2.19 bits per heavy atom. The fraction of sp³-hybridized carbons (Fsp3) is 0.600. The zero-order valence-electron chi connectivity index (χ0n) is 9.03. The zero-order valence-corrected chi connectivity index (χ0v) is 9.03. The molecule has 6 heteroatoms. The van der Waals surface area contributed by atoms with E-state index in [1.807, 2.05) is 0 Å². The maximum absolute atomic E-state index is 12.1. The summed E-state index contributed by atoms with van der Waals surface area (Å²) >= 11 is 0. The van der Waals surface area contributed by atoms with Gasteiger partial charge in [0, 0.05) is 19.3 Å². The Morgan fingerprint density at radius 1 is 1.50 bits per heavy atom. The minimum Gasteiger partial charge on any atom is -0.396 e. The molecule has 88 valence electrons. The van der Waals surface area contributed by atoms with E-state index in [1.165, 1.54) is 10.9 Å². The van der Waals surface area contributed by atoms with Gasteiger partial charge in [0.15, 0.2) is 5.69 Å². The maximum Gasteiger partial charge on any atom is 0.276 e. The smallest absolute Gasteiger partial charge is 0.276 e. The largest absolute Gasteiger partial charge is 0.396 e. The number of hydrogen-bond donors (Lipinski definition) is 1. The van der Waals surface area contributed by atoms with Gasteiger partial charge in [0.1, 0.15) is 6.67 Å². The van der Waals surface area contributed by atoms with Crippen LogP contribution in [-0.2, 0) is 6.54 Å². The number of alkyl halides is 1. The van der Waals surface area contributed by atoms with Crippen molar-refractivity contribution in [1.29, 1.82) is 0 Å². The van der Waals surface area contributed by atoms with Gasteiger partial charge in [0.25, 0.3) is 5.91 Å².